The highest BCUT2D eigenvalue weighted by atomic mass is 79.9. The fourth-order valence-corrected chi connectivity index (χ4v) is 3.11. The highest BCUT2D eigenvalue weighted by molar-refractivity contribution is 9.10. The molecule has 0 bridgehead atoms. The molecule has 0 aromatic carbocycles. The van der Waals surface area contributed by atoms with Gasteiger partial charge >= 0.3 is 0 Å². The van der Waals surface area contributed by atoms with Gasteiger partial charge in [0.1, 0.15) is 4.60 Å². The minimum atomic E-state index is -0.0710. The van der Waals surface area contributed by atoms with Crippen molar-refractivity contribution in [2.45, 2.75) is 32.9 Å². The van der Waals surface area contributed by atoms with Crippen LogP contribution in [0.3, 0.4) is 0 Å². The van der Waals surface area contributed by atoms with E-state index in [4.69, 9.17) is 5.73 Å². The SMILES string of the molecule is CC(C)C[C@H](N)Cn1ccc(-c2ccc3ncc(Br)n3n2)cc1=O. The Bertz CT molecular complexity index is 915. The number of aromatic nitrogens is 4. The lowest BCUT2D eigenvalue weighted by atomic mass is 10.0. The molecule has 0 aliphatic carbocycles. The van der Waals surface area contributed by atoms with Gasteiger partial charge in [0.15, 0.2) is 5.65 Å². The molecule has 0 spiro atoms. The zero-order valence-electron chi connectivity index (χ0n) is 13.7. The summed E-state index contributed by atoms with van der Waals surface area (Å²) in [6.45, 7) is 4.78. The molecule has 126 valence electrons. The van der Waals surface area contributed by atoms with Gasteiger partial charge in [-0.3, -0.25) is 4.79 Å². The summed E-state index contributed by atoms with van der Waals surface area (Å²) >= 11 is 3.40. The summed E-state index contributed by atoms with van der Waals surface area (Å²) in [7, 11) is 0. The minimum absolute atomic E-state index is 0.0232. The van der Waals surface area contributed by atoms with Crippen LogP contribution in [-0.4, -0.2) is 25.2 Å². The minimum Gasteiger partial charge on any atom is -0.326 e. The molecule has 2 N–H and O–H groups in total. The third-order valence-corrected chi connectivity index (χ3v) is 4.36. The highest BCUT2D eigenvalue weighted by Gasteiger charge is 2.10. The van der Waals surface area contributed by atoms with Crippen molar-refractivity contribution in [3.05, 3.63) is 51.6 Å². The summed E-state index contributed by atoms with van der Waals surface area (Å²) < 4.78 is 4.12. The van der Waals surface area contributed by atoms with Gasteiger partial charge in [-0.1, -0.05) is 13.8 Å². The van der Waals surface area contributed by atoms with E-state index in [1.807, 2.05) is 18.2 Å². The van der Waals surface area contributed by atoms with Crippen LogP contribution in [0.4, 0.5) is 0 Å². The van der Waals surface area contributed by atoms with Crippen LogP contribution in [0.1, 0.15) is 20.3 Å². The first-order chi connectivity index (χ1) is 11.4. The van der Waals surface area contributed by atoms with Gasteiger partial charge in [0.2, 0.25) is 0 Å². The van der Waals surface area contributed by atoms with E-state index in [2.05, 4.69) is 39.9 Å². The van der Waals surface area contributed by atoms with Crippen LogP contribution in [0, 0.1) is 5.92 Å². The first kappa shape index (κ1) is 16.9. The molecule has 0 aliphatic rings. The second-order valence-corrected chi connectivity index (χ2v) is 7.18. The fraction of sp³-hybridized carbons (Fsp3) is 0.353. The maximum absolute atomic E-state index is 12.4. The van der Waals surface area contributed by atoms with Crippen LogP contribution in [0.2, 0.25) is 0 Å². The molecule has 24 heavy (non-hydrogen) atoms. The average Bonchev–Trinajstić information content (AvgIpc) is 2.89. The van der Waals surface area contributed by atoms with Crippen molar-refractivity contribution in [1.82, 2.24) is 19.2 Å². The molecule has 3 rings (SSSR count). The van der Waals surface area contributed by atoms with E-state index in [1.54, 1.807) is 27.5 Å². The Kier molecular flexibility index (Phi) is 4.82. The van der Waals surface area contributed by atoms with Gasteiger partial charge in [-0.2, -0.15) is 5.10 Å². The number of halogens is 1. The summed E-state index contributed by atoms with van der Waals surface area (Å²) in [4.78, 5) is 16.6. The molecule has 3 aromatic heterocycles. The maximum atomic E-state index is 12.4. The molecule has 0 aliphatic heterocycles. The Balaban J connectivity index is 1.88. The van der Waals surface area contributed by atoms with Crippen molar-refractivity contribution in [2.75, 3.05) is 0 Å². The Morgan fingerprint density at radius 2 is 2.08 bits per heavy atom. The lowest BCUT2D eigenvalue weighted by molar-refractivity contribution is 0.442. The zero-order valence-corrected chi connectivity index (χ0v) is 15.3. The molecular formula is C17H20BrN5O. The van der Waals surface area contributed by atoms with Crippen molar-refractivity contribution in [3.8, 4) is 11.3 Å². The molecule has 0 unspecified atom stereocenters. The number of fused-ring (bicyclic) bond motifs is 1. The summed E-state index contributed by atoms with van der Waals surface area (Å²) in [5.74, 6) is 0.513. The molecule has 1 atom stereocenters. The summed E-state index contributed by atoms with van der Waals surface area (Å²) in [5.41, 5.74) is 8.28. The molecule has 6 nitrogen and oxygen atoms in total. The third-order valence-electron chi connectivity index (χ3n) is 3.82. The zero-order chi connectivity index (χ0) is 17.3. The van der Waals surface area contributed by atoms with E-state index in [0.717, 1.165) is 27.9 Å². The molecular weight excluding hydrogens is 370 g/mol. The van der Waals surface area contributed by atoms with Crippen LogP contribution in [0.15, 0.2) is 46.1 Å². The first-order valence-corrected chi connectivity index (χ1v) is 8.70. The monoisotopic (exact) mass is 389 g/mol. The predicted octanol–water partition coefficient (Wildman–Crippen LogP) is 2.69. The van der Waals surface area contributed by atoms with Crippen molar-refractivity contribution >= 4 is 21.6 Å². The lowest BCUT2D eigenvalue weighted by Crippen LogP contribution is -2.32. The summed E-state index contributed by atoms with van der Waals surface area (Å²) in [5, 5.41) is 4.51. The van der Waals surface area contributed by atoms with E-state index in [0.29, 0.717) is 12.5 Å². The van der Waals surface area contributed by atoms with E-state index in [9.17, 15) is 4.79 Å². The normalized spacial score (nSPS) is 12.9. The number of pyridine rings is 1. The Morgan fingerprint density at radius 1 is 1.29 bits per heavy atom. The van der Waals surface area contributed by atoms with Gasteiger partial charge in [-0.25, -0.2) is 9.50 Å². The van der Waals surface area contributed by atoms with Crippen molar-refractivity contribution in [1.29, 1.82) is 0 Å². The molecule has 0 amide bonds. The van der Waals surface area contributed by atoms with E-state index < -0.39 is 0 Å². The van der Waals surface area contributed by atoms with Gasteiger partial charge < -0.3 is 10.3 Å². The van der Waals surface area contributed by atoms with Crippen LogP contribution in [0.5, 0.6) is 0 Å². The van der Waals surface area contributed by atoms with Gasteiger partial charge in [0.05, 0.1) is 11.9 Å². The number of hydrogen-bond acceptors (Lipinski definition) is 4. The smallest absolute Gasteiger partial charge is 0.251 e. The second-order valence-electron chi connectivity index (χ2n) is 6.37. The standard InChI is InChI=1S/C17H20BrN5O/c1-11(2)7-13(19)10-22-6-5-12(8-17(22)24)14-3-4-16-20-9-15(18)23(16)21-14/h3-6,8-9,11,13H,7,10,19H2,1-2H3/t13-/m0/s1. The van der Waals surface area contributed by atoms with Crippen molar-refractivity contribution < 1.29 is 0 Å². The topological polar surface area (TPSA) is 78.2 Å². The van der Waals surface area contributed by atoms with Crippen LogP contribution in [0.25, 0.3) is 16.9 Å². The number of nitrogens with zero attached hydrogens (tertiary/aromatic N) is 4. The summed E-state index contributed by atoms with van der Waals surface area (Å²) in [6, 6.07) is 7.20. The molecule has 0 saturated heterocycles. The quantitative estimate of drug-likeness (QED) is 0.727. The largest absolute Gasteiger partial charge is 0.326 e. The van der Waals surface area contributed by atoms with Crippen molar-refractivity contribution in [3.63, 3.8) is 0 Å². The van der Waals surface area contributed by atoms with Gasteiger partial charge in [-0.15, -0.1) is 0 Å². The van der Waals surface area contributed by atoms with E-state index in [1.165, 1.54) is 0 Å². The molecule has 3 aromatic rings. The van der Waals surface area contributed by atoms with Gasteiger partial charge in [0, 0.05) is 30.4 Å². The molecule has 0 fully saturated rings. The molecule has 0 saturated carbocycles. The number of hydrogen-bond donors (Lipinski definition) is 1. The van der Waals surface area contributed by atoms with E-state index >= 15 is 0 Å². The van der Waals surface area contributed by atoms with Gasteiger partial charge in [0.25, 0.3) is 5.56 Å². The summed E-state index contributed by atoms with van der Waals surface area (Å²) in [6.07, 6.45) is 4.37. The maximum Gasteiger partial charge on any atom is 0.251 e. The Morgan fingerprint density at radius 3 is 2.79 bits per heavy atom. The predicted molar refractivity (Wildman–Crippen MR) is 97.8 cm³/mol. The number of nitrogens with two attached hydrogens (primary N) is 1. The Hall–Kier alpha value is -1.99. The lowest BCUT2D eigenvalue weighted by Gasteiger charge is -2.15. The second kappa shape index (κ2) is 6.86. The first-order valence-electron chi connectivity index (χ1n) is 7.91. The van der Waals surface area contributed by atoms with Crippen LogP contribution < -0.4 is 11.3 Å². The van der Waals surface area contributed by atoms with Gasteiger partial charge in [-0.05, 0) is 46.5 Å². The Labute approximate surface area is 148 Å². The van der Waals surface area contributed by atoms with E-state index in [-0.39, 0.29) is 11.6 Å². The highest BCUT2D eigenvalue weighted by Crippen LogP contribution is 2.18. The molecule has 0 radical (unpaired) electrons. The van der Waals surface area contributed by atoms with Crippen LogP contribution in [-0.2, 0) is 6.54 Å². The molecule has 3 heterocycles. The average molecular weight is 390 g/mol. The fourth-order valence-electron chi connectivity index (χ4n) is 2.75. The number of rotatable bonds is 5. The third kappa shape index (κ3) is 3.57. The van der Waals surface area contributed by atoms with Crippen LogP contribution >= 0.6 is 15.9 Å². The number of imidazole rings is 1. The molecule has 7 heteroatoms. The van der Waals surface area contributed by atoms with Crippen molar-refractivity contribution in [2.24, 2.45) is 11.7 Å².